The van der Waals surface area contributed by atoms with E-state index in [0.717, 1.165) is 15.6 Å². The lowest BCUT2D eigenvalue weighted by atomic mass is 10.2. The number of aromatic nitrogens is 2. The molecule has 0 aliphatic carbocycles. The number of nitrogens with two attached hydrogens (primary N) is 1. The molecule has 1 unspecified atom stereocenters. The van der Waals surface area contributed by atoms with Crippen LogP contribution in [0.3, 0.4) is 0 Å². The Morgan fingerprint density at radius 1 is 1.20 bits per heavy atom. The summed E-state index contributed by atoms with van der Waals surface area (Å²) in [5, 5.41) is 5.11. The van der Waals surface area contributed by atoms with E-state index in [4.69, 9.17) is 29.0 Å². The maximum absolute atomic E-state index is 6.14. The van der Waals surface area contributed by atoms with Gasteiger partial charge in [0.15, 0.2) is 5.82 Å². The second-order valence-corrected chi connectivity index (χ2v) is 6.39. The molecular weight excluding hydrogens is 317 g/mol. The van der Waals surface area contributed by atoms with Gasteiger partial charge in [0.25, 0.3) is 0 Å². The lowest BCUT2D eigenvalue weighted by Gasteiger charge is -2.16. The first-order valence-corrected chi connectivity index (χ1v) is 7.52. The van der Waals surface area contributed by atoms with E-state index in [1.807, 2.05) is 20.8 Å². The summed E-state index contributed by atoms with van der Waals surface area (Å²) < 4.78 is 0. The van der Waals surface area contributed by atoms with E-state index < -0.39 is 0 Å². The summed E-state index contributed by atoms with van der Waals surface area (Å²) in [7, 11) is 0. The van der Waals surface area contributed by atoms with E-state index in [0.29, 0.717) is 21.7 Å². The van der Waals surface area contributed by atoms with Crippen molar-refractivity contribution in [2.75, 3.05) is 10.7 Å². The van der Waals surface area contributed by atoms with E-state index in [1.54, 1.807) is 17.4 Å². The fraction of sp³-hybridized carbons (Fsp3) is 0.333. The van der Waals surface area contributed by atoms with Crippen molar-refractivity contribution in [2.45, 2.75) is 26.8 Å². The maximum Gasteiger partial charge on any atom is 0.161 e. The number of nitrogen functional groups attached to an aromatic ring is 1. The lowest BCUT2D eigenvalue weighted by Crippen LogP contribution is -2.12. The zero-order valence-corrected chi connectivity index (χ0v) is 13.6. The van der Waals surface area contributed by atoms with Crippen LogP contribution in [0.25, 0.3) is 0 Å². The Hall–Kier alpha value is -1.08. The molecule has 0 aromatic carbocycles. The highest BCUT2D eigenvalue weighted by Crippen LogP contribution is 2.32. The summed E-state index contributed by atoms with van der Waals surface area (Å²) in [6.45, 7) is 6.00. The van der Waals surface area contributed by atoms with Gasteiger partial charge < -0.3 is 10.7 Å². The molecule has 2 aromatic rings. The predicted octanol–water partition coefficient (Wildman–Crippen LogP) is 3.92. The van der Waals surface area contributed by atoms with Gasteiger partial charge in [-0.1, -0.05) is 23.2 Å². The number of halogens is 2. The van der Waals surface area contributed by atoms with Gasteiger partial charge in [0, 0.05) is 4.88 Å². The Bertz CT molecular complexity index is 629. The molecule has 0 saturated heterocycles. The van der Waals surface area contributed by atoms with Crippen molar-refractivity contribution in [3.05, 3.63) is 31.7 Å². The molecule has 0 bridgehead atoms. The van der Waals surface area contributed by atoms with Crippen LogP contribution < -0.4 is 16.6 Å². The number of aryl methyl sites for hydroxylation is 2. The van der Waals surface area contributed by atoms with E-state index >= 15 is 0 Å². The molecule has 0 aliphatic rings. The first-order valence-electron chi connectivity index (χ1n) is 5.95. The number of nitrogens with one attached hydrogen (secondary N) is 2. The third-order valence-corrected chi connectivity index (χ3v) is 4.58. The van der Waals surface area contributed by atoms with Gasteiger partial charge in [-0.05, 0) is 26.8 Å². The van der Waals surface area contributed by atoms with Crippen molar-refractivity contribution in [3.63, 3.8) is 0 Å². The third kappa shape index (κ3) is 3.15. The molecule has 0 radical (unpaired) electrons. The Balaban J connectivity index is 2.27. The number of hydrazine groups is 1. The van der Waals surface area contributed by atoms with Crippen LogP contribution in [0, 0.1) is 13.8 Å². The topological polar surface area (TPSA) is 75.9 Å². The highest BCUT2D eigenvalue weighted by atomic mass is 35.5. The first kappa shape index (κ1) is 15.3. The van der Waals surface area contributed by atoms with Gasteiger partial charge in [0.2, 0.25) is 0 Å². The molecule has 5 nitrogen and oxygen atoms in total. The van der Waals surface area contributed by atoms with E-state index in [9.17, 15) is 0 Å². The highest BCUT2D eigenvalue weighted by molar-refractivity contribution is 7.11. The monoisotopic (exact) mass is 331 g/mol. The minimum Gasteiger partial charge on any atom is -0.361 e. The smallest absolute Gasteiger partial charge is 0.161 e. The molecule has 4 N–H and O–H groups in total. The largest absolute Gasteiger partial charge is 0.361 e. The summed E-state index contributed by atoms with van der Waals surface area (Å²) in [6.07, 6.45) is 0. The summed E-state index contributed by atoms with van der Waals surface area (Å²) in [4.78, 5) is 9.83. The van der Waals surface area contributed by atoms with Crippen LogP contribution in [0.15, 0.2) is 6.07 Å². The Labute approximate surface area is 131 Å². The van der Waals surface area contributed by atoms with Gasteiger partial charge >= 0.3 is 0 Å². The summed E-state index contributed by atoms with van der Waals surface area (Å²) in [5.41, 5.74) is 3.45. The van der Waals surface area contributed by atoms with Crippen molar-refractivity contribution >= 4 is 46.2 Å². The van der Waals surface area contributed by atoms with Gasteiger partial charge in [-0.3, -0.25) is 0 Å². The molecule has 108 valence electrons. The van der Waals surface area contributed by atoms with Gasteiger partial charge in [0.1, 0.15) is 5.82 Å². The van der Waals surface area contributed by atoms with Crippen LogP contribution >= 0.6 is 34.5 Å². The second-order valence-electron chi connectivity index (χ2n) is 4.34. The van der Waals surface area contributed by atoms with Crippen LogP contribution in [-0.4, -0.2) is 9.97 Å². The van der Waals surface area contributed by atoms with Crippen molar-refractivity contribution in [3.8, 4) is 0 Å². The standard InChI is InChI=1S/C12H15Cl2N5S/c1-5-10(20-7(3)16-5)6(2)17-11-8(13)4-9(14)12(18-11)19-15/h4,6H,15H2,1-3H3,(H2,17,18,19). The molecule has 0 saturated carbocycles. The fourth-order valence-electron chi connectivity index (χ4n) is 1.89. The summed E-state index contributed by atoms with van der Waals surface area (Å²) in [6, 6.07) is 1.64. The normalized spacial score (nSPS) is 12.3. The maximum atomic E-state index is 6.14. The van der Waals surface area contributed by atoms with E-state index in [1.165, 1.54) is 0 Å². The van der Waals surface area contributed by atoms with Crippen molar-refractivity contribution in [1.29, 1.82) is 0 Å². The fourth-order valence-corrected chi connectivity index (χ4v) is 3.29. The Morgan fingerprint density at radius 3 is 2.40 bits per heavy atom. The van der Waals surface area contributed by atoms with Gasteiger partial charge in [-0.2, -0.15) is 0 Å². The quantitative estimate of drug-likeness (QED) is 0.584. The molecule has 0 spiro atoms. The highest BCUT2D eigenvalue weighted by Gasteiger charge is 2.16. The molecule has 20 heavy (non-hydrogen) atoms. The molecule has 8 heteroatoms. The predicted molar refractivity (Wildman–Crippen MR) is 85.7 cm³/mol. The molecule has 0 aliphatic heterocycles. The number of anilines is 2. The molecule has 0 fully saturated rings. The van der Waals surface area contributed by atoms with Crippen LogP contribution in [-0.2, 0) is 0 Å². The Kier molecular flexibility index (Phi) is 4.70. The molecule has 2 heterocycles. The molecule has 0 amide bonds. The molecular formula is C12H15Cl2N5S. The second kappa shape index (κ2) is 6.13. The molecule has 1 atom stereocenters. The average molecular weight is 332 g/mol. The molecule has 2 aromatic heterocycles. The van der Waals surface area contributed by atoms with Crippen LogP contribution in [0.4, 0.5) is 11.6 Å². The first-order chi connectivity index (χ1) is 9.42. The van der Waals surface area contributed by atoms with Crippen LogP contribution in [0.5, 0.6) is 0 Å². The number of thiazole rings is 1. The van der Waals surface area contributed by atoms with Crippen molar-refractivity contribution in [2.24, 2.45) is 5.84 Å². The Morgan fingerprint density at radius 2 is 1.85 bits per heavy atom. The minimum atomic E-state index is 0.0398. The summed E-state index contributed by atoms with van der Waals surface area (Å²) in [5.74, 6) is 6.27. The van der Waals surface area contributed by atoms with Crippen molar-refractivity contribution < 1.29 is 0 Å². The zero-order chi connectivity index (χ0) is 14.9. The van der Waals surface area contributed by atoms with Gasteiger partial charge in [-0.15, -0.1) is 11.3 Å². The third-order valence-electron chi connectivity index (χ3n) is 2.75. The van der Waals surface area contributed by atoms with Crippen molar-refractivity contribution in [1.82, 2.24) is 9.97 Å². The number of pyridine rings is 1. The molecule has 2 rings (SSSR count). The number of nitrogens with zero attached hydrogens (tertiary/aromatic N) is 2. The van der Waals surface area contributed by atoms with Gasteiger partial charge in [-0.25, -0.2) is 15.8 Å². The number of hydrogen-bond acceptors (Lipinski definition) is 6. The number of rotatable bonds is 4. The van der Waals surface area contributed by atoms with E-state index in [2.05, 4.69) is 20.7 Å². The van der Waals surface area contributed by atoms with Gasteiger partial charge in [0.05, 0.1) is 26.8 Å². The lowest BCUT2D eigenvalue weighted by molar-refractivity contribution is 0.880. The number of hydrogen-bond donors (Lipinski definition) is 3. The zero-order valence-electron chi connectivity index (χ0n) is 11.3. The average Bonchev–Trinajstić information content (AvgIpc) is 2.71. The SMILES string of the molecule is Cc1nc(C)c(C(C)Nc2nc(NN)c(Cl)cc2Cl)s1. The van der Waals surface area contributed by atoms with Crippen LogP contribution in [0.1, 0.15) is 28.5 Å². The minimum absolute atomic E-state index is 0.0398. The summed E-state index contributed by atoms with van der Waals surface area (Å²) >= 11 is 13.8. The van der Waals surface area contributed by atoms with E-state index in [-0.39, 0.29) is 6.04 Å². The van der Waals surface area contributed by atoms with Crippen LogP contribution in [0.2, 0.25) is 10.0 Å².